The van der Waals surface area contributed by atoms with Gasteiger partial charge in [0.2, 0.25) is 0 Å². The van der Waals surface area contributed by atoms with Gasteiger partial charge in [-0.05, 0) is 56.4 Å². The summed E-state index contributed by atoms with van der Waals surface area (Å²) in [7, 11) is 0. The fourth-order valence-electron chi connectivity index (χ4n) is 3.20. The maximum absolute atomic E-state index is 13.3. The molecule has 0 aliphatic heterocycles. The average molecular weight is 377 g/mol. The molecule has 0 saturated heterocycles. The normalized spacial score (nSPS) is 11.0. The van der Waals surface area contributed by atoms with Crippen LogP contribution in [0.2, 0.25) is 0 Å². The largest absolute Gasteiger partial charge is 0.307 e. The molecule has 1 amide bonds. The van der Waals surface area contributed by atoms with Gasteiger partial charge in [-0.15, -0.1) is 0 Å². The second-order valence-electron chi connectivity index (χ2n) is 6.84. The Labute approximate surface area is 167 Å². The molecule has 0 aliphatic carbocycles. The molecule has 5 heteroatoms. The minimum atomic E-state index is 0.0215. The first-order chi connectivity index (χ1) is 13.6. The highest BCUT2D eigenvalue weighted by atomic mass is 16.2. The van der Waals surface area contributed by atoms with Gasteiger partial charge in [0, 0.05) is 42.4 Å². The molecule has 0 unspecified atom stereocenters. The minimum Gasteiger partial charge on any atom is -0.307 e. The summed E-state index contributed by atoms with van der Waals surface area (Å²) in [5, 5.41) is 0. The number of nitrogens with zero attached hydrogens (tertiary/aromatic N) is 4. The van der Waals surface area contributed by atoms with Crippen molar-refractivity contribution in [3.8, 4) is 5.69 Å². The number of amides is 1. The van der Waals surface area contributed by atoms with E-state index in [-0.39, 0.29) is 5.91 Å². The van der Waals surface area contributed by atoms with Crippen LogP contribution >= 0.6 is 0 Å². The van der Waals surface area contributed by atoms with Crippen molar-refractivity contribution < 1.29 is 4.79 Å². The molecule has 0 spiro atoms. The molecule has 1 aromatic heterocycles. The van der Waals surface area contributed by atoms with Crippen molar-refractivity contribution in [2.75, 3.05) is 31.1 Å². The van der Waals surface area contributed by atoms with Crippen molar-refractivity contribution in [1.82, 2.24) is 14.5 Å². The number of anilines is 1. The molecule has 0 fully saturated rings. The molecule has 0 radical (unpaired) electrons. The van der Waals surface area contributed by atoms with E-state index in [0.717, 1.165) is 31.0 Å². The minimum absolute atomic E-state index is 0.0215. The van der Waals surface area contributed by atoms with Crippen molar-refractivity contribution in [3.05, 3.63) is 78.4 Å². The van der Waals surface area contributed by atoms with Crippen LogP contribution in [-0.2, 0) is 0 Å². The van der Waals surface area contributed by atoms with E-state index in [2.05, 4.69) is 42.8 Å². The summed E-state index contributed by atoms with van der Waals surface area (Å²) in [6.07, 6.45) is 5.38. The van der Waals surface area contributed by atoms with Crippen LogP contribution < -0.4 is 4.90 Å². The second kappa shape index (κ2) is 9.33. The molecule has 3 aromatic rings. The van der Waals surface area contributed by atoms with E-state index in [1.54, 1.807) is 12.5 Å². The lowest BCUT2D eigenvalue weighted by molar-refractivity contribution is 0.0984. The quantitative estimate of drug-likeness (QED) is 0.592. The highest BCUT2D eigenvalue weighted by Crippen LogP contribution is 2.19. The number of rotatable bonds is 8. The van der Waals surface area contributed by atoms with Crippen LogP contribution in [0.5, 0.6) is 0 Å². The van der Waals surface area contributed by atoms with E-state index in [1.165, 1.54) is 5.56 Å². The highest BCUT2D eigenvalue weighted by Gasteiger charge is 2.18. The maximum Gasteiger partial charge on any atom is 0.258 e. The summed E-state index contributed by atoms with van der Waals surface area (Å²) >= 11 is 0. The lowest BCUT2D eigenvalue weighted by Crippen LogP contribution is -2.38. The molecule has 0 N–H and O–H groups in total. The van der Waals surface area contributed by atoms with Crippen molar-refractivity contribution in [2.45, 2.75) is 20.8 Å². The molecule has 2 aromatic carbocycles. The zero-order valence-electron chi connectivity index (χ0n) is 16.9. The summed E-state index contributed by atoms with van der Waals surface area (Å²) in [6.45, 7) is 9.82. The summed E-state index contributed by atoms with van der Waals surface area (Å²) in [5.41, 5.74) is 3.79. The number of likely N-dealkylation sites (N-methyl/N-ethyl adjacent to an activating group) is 1. The Morgan fingerprint density at radius 3 is 2.21 bits per heavy atom. The zero-order chi connectivity index (χ0) is 19.9. The lowest BCUT2D eigenvalue weighted by Gasteiger charge is -2.27. The number of imidazole rings is 1. The lowest BCUT2D eigenvalue weighted by atomic mass is 10.1. The van der Waals surface area contributed by atoms with Crippen LogP contribution in [0, 0.1) is 6.92 Å². The Kier molecular flexibility index (Phi) is 6.61. The van der Waals surface area contributed by atoms with Crippen LogP contribution in [-0.4, -0.2) is 46.5 Å². The van der Waals surface area contributed by atoms with Crippen LogP contribution in [0.3, 0.4) is 0 Å². The third-order valence-corrected chi connectivity index (χ3v) is 5.04. The number of hydrogen-bond donors (Lipinski definition) is 0. The summed E-state index contributed by atoms with van der Waals surface area (Å²) in [5.74, 6) is 0.0215. The smallest absolute Gasteiger partial charge is 0.258 e. The molecule has 3 rings (SSSR count). The van der Waals surface area contributed by atoms with Crippen LogP contribution in [0.1, 0.15) is 29.8 Å². The standard InChI is InChI=1S/C23H28N4O/c1-4-25(5-2)16-17-27(22-10-6-19(3)7-11-22)23(28)20-8-12-21(13-9-20)26-15-14-24-18-26/h6-15,18H,4-5,16-17H2,1-3H3. The van der Waals surface area contributed by atoms with Gasteiger partial charge in [-0.3, -0.25) is 4.79 Å². The van der Waals surface area contributed by atoms with E-state index in [4.69, 9.17) is 0 Å². The Morgan fingerprint density at radius 1 is 0.964 bits per heavy atom. The molecule has 1 heterocycles. The third-order valence-electron chi connectivity index (χ3n) is 5.04. The maximum atomic E-state index is 13.3. The Bertz CT molecular complexity index is 866. The number of carbonyl (C=O) groups excluding carboxylic acids is 1. The van der Waals surface area contributed by atoms with E-state index in [1.807, 2.05) is 52.1 Å². The topological polar surface area (TPSA) is 41.4 Å². The monoisotopic (exact) mass is 376 g/mol. The molecular formula is C23H28N4O. The SMILES string of the molecule is CCN(CC)CCN(C(=O)c1ccc(-n2ccnc2)cc1)c1ccc(C)cc1. The van der Waals surface area contributed by atoms with Gasteiger partial charge >= 0.3 is 0 Å². The molecular weight excluding hydrogens is 348 g/mol. The average Bonchev–Trinajstić information content (AvgIpc) is 3.27. The van der Waals surface area contributed by atoms with Gasteiger partial charge in [-0.1, -0.05) is 31.5 Å². The van der Waals surface area contributed by atoms with E-state index < -0.39 is 0 Å². The van der Waals surface area contributed by atoms with Gasteiger partial charge in [0.05, 0.1) is 6.33 Å². The van der Waals surface area contributed by atoms with E-state index in [0.29, 0.717) is 12.1 Å². The fourth-order valence-corrected chi connectivity index (χ4v) is 3.20. The van der Waals surface area contributed by atoms with Crippen molar-refractivity contribution in [1.29, 1.82) is 0 Å². The first-order valence-electron chi connectivity index (χ1n) is 9.81. The van der Waals surface area contributed by atoms with Gasteiger partial charge in [-0.2, -0.15) is 0 Å². The molecule has 0 saturated carbocycles. The zero-order valence-corrected chi connectivity index (χ0v) is 16.9. The van der Waals surface area contributed by atoms with Crippen LogP contribution in [0.15, 0.2) is 67.3 Å². The van der Waals surface area contributed by atoms with Crippen molar-refractivity contribution in [3.63, 3.8) is 0 Å². The number of aryl methyl sites for hydroxylation is 1. The Morgan fingerprint density at radius 2 is 1.64 bits per heavy atom. The van der Waals surface area contributed by atoms with Gasteiger partial charge in [0.25, 0.3) is 5.91 Å². The summed E-state index contributed by atoms with van der Waals surface area (Å²) < 4.78 is 1.92. The number of carbonyl (C=O) groups is 1. The molecule has 146 valence electrons. The summed E-state index contributed by atoms with van der Waals surface area (Å²) in [4.78, 5) is 21.6. The van der Waals surface area contributed by atoms with Crippen molar-refractivity contribution >= 4 is 11.6 Å². The highest BCUT2D eigenvalue weighted by molar-refractivity contribution is 6.06. The van der Waals surface area contributed by atoms with Crippen LogP contribution in [0.25, 0.3) is 5.69 Å². The molecule has 0 atom stereocenters. The first kappa shape index (κ1) is 19.8. The van der Waals surface area contributed by atoms with Gasteiger partial charge in [-0.25, -0.2) is 4.98 Å². The van der Waals surface area contributed by atoms with Gasteiger partial charge < -0.3 is 14.4 Å². The third kappa shape index (κ3) is 4.67. The van der Waals surface area contributed by atoms with E-state index >= 15 is 0 Å². The molecule has 5 nitrogen and oxygen atoms in total. The van der Waals surface area contributed by atoms with Gasteiger partial charge in [0.15, 0.2) is 0 Å². The number of benzene rings is 2. The molecule has 0 bridgehead atoms. The Balaban J connectivity index is 1.83. The predicted octanol–water partition coefficient (Wildman–Crippen LogP) is 4.17. The molecule has 0 aliphatic rings. The van der Waals surface area contributed by atoms with Gasteiger partial charge in [0.1, 0.15) is 0 Å². The predicted molar refractivity (Wildman–Crippen MR) is 114 cm³/mol. The fraction of sp³-hybridized carbons (Fsp3) is 0.304. The van der Waals surface area contributed by atoms with Crippen molar-refractivity contribution in [2.24, 2.45) is 0 Å². The van der Waals surface area contributed by atoms with Crippen LogP contribution in [0.4, 0.5) is 5.69 Å². The Hall–Kier alpha value is -2.92. The van der Waals surface area contributed by atoms with E-state index in [9.17, 15) is 4.79 Å². The second-order valence-corrected chi connectivity index (χ2v) is 6.84. The first-order valence-corrected chi connectivity index (χ1v) is 9.81. The number of aromatic nitrogens is 2. The summed E-state index contributed by atoms with van der Waals surface area (Å²) in [6, 6.07) is 15.8. The number of hydrogen-bond acceptors (Lipinski definition) is 3. The molecule has 28 heavy (non-hydrogen) atoms.